The number of aromatic amines is 1. The molecular weight excluding hydrogens is 456 g/mol. The number of rotatable bonds is 3. The summed E-state index contributed by atoms with van der Waals surface area (Å²) in [5.41, 5.74) is 10.1. The van der Waals surface area contributed by atoms with Crippen LogP contribution in [0.4, 0.5) is 0 Å². The minimum Gasteiger partial charge on any atom is -0.306 e. The lowest BCUT2D eigenvalue weighted by atomic mass is 10.1. The Bertz CT molecular complexity index is 2060. The first-order valence-electron chi connectivity index (χ1n) is 12.2. The summed E-state index contributed by atoms with van der Waals surface area (Å²) < 4.78 is 4.50. The second-order valence-corrected chi connectivity index (χ2v) is 9.14. The molecule has 0 aliphatic rings. The van der Waals surface area contributed by atoms with Crippen LogP contribution in [0.15, 0.2) is 116 Å². The monoisotopic (exact) mass is 476 g/mol. The van der Waals surface area contributed by atoms with Gasteiger partial charge in [-0.1, -0.05) is 48.5 Å². The van der Waals surface area contributed by atoms with Crippen LogP contribution < -0.4 is 0 Å². The van der Waals surface area contributed by atoms with E-state index in [0.29, 0.717) is 0 Å². The van der Waals surface area contributed by atoms with Gasteiger partial charge in [0.25, 0.3) is 0 Å². The Balaban J connectivity index is 1.46. The van der Waals surface area contributed by atoms with Crippen LogP contribution in [0.25, 0.3) is 66.6 Å². The summed E-state index contributed by atoms with van der Waals surface area (Å²) in [5.74, 6) is 0. The first kappa shape index (κ1) is 20.0. The third-order valence-corrected chi connectivity index (χ3v) is 7.07. The average Bonchev–Trinajstić information content (AvgIpc) is 3.68. The number of fused-ring (bicyclic) bond motifs is 6. The van der Waals surface area contributed by atoms with Crippen LogP contribution in [0.1, 0.15) is 0 Å². The van der Waals surface area contributed by atoms with Gasteiger partial charge in [0.15, 0.2) is 0 Å². The molecule has 0 saturated carbocycles. The SMILES string of the molecule is c1ccc(-n2c3ccccc3c3cc4c(nc32)c2ncccc2n4-c2ccc(-c3ccn[nH]3)cc2)cc1. The van der Waals surface area contributed by atoms with Gasteiger partial charge in [0, 0.05) is 34.5 Å². The van der Waals surface area contributed by atoms with E-state index in [4.69, 9.17) is 9.97 Å². The maximum atomic E-state index is 5.29. The number of para-hydroxylation sites is 2. The molecule has 0 saturated heterocycles. The molecule has 8 aromatic rings. The highest BCUT2D eigenvalue weighted by Crippen LogP contribution is 2.37. The smallest absolute Gasteiger partial charge is 0.146 e. The van der Waals surface area contributed by atoms with Crippen molar-refractivity contribution in [2.24, 2.45) is 0 Å². The van der Waals surface area contributed by atoms with Gasteiger partial charge in [-0.25, -0.2) is 4.98 Å². The Morgan fingerprint density at radius 1 is 0.568 bits per heavy atom. The summed E-state index contributed by atoms with van der Waals surface area (Å²) in [6, 6.07) is 35.8. The Hall–Kier alpha value is -5.23. The Kier molecular flexibility index (Phi) is 4.13. The lowest BCUT2D eigenvalue weighted by Gasteiger charge is -2.09. The van der Waals surface area contributed by atoms with E-state index in [1.807, 2.05) is 24.4 Å². The summed E-state index contributed by atoms with van der Waals surface area (Å²) in [7, 11) is 0. The van der Waals surface area contributed by atoms with Gasteiger partial charge in [-0.05, 0) is 60.2 Å². The molecule has 6 nitrogen and oxygen atoms in total. The van der Waals surface area contributed by atoms with Gasteiger partial charge in [-0.3, -0.25) is 14.6 Å². The molecule has 0 radical (unpaired) electrons. The molecule has 0 amide bonds. The summed E-state index contributed by atoms with van der Waals surface area (Å²) in [5, 5.41) is 9.41. The fourth-order valence-electron chi connectivity index (χ4n) is 5.43. The third kappa shape index (κ3) is 2.90. The number of H-pyrrole nitrogens is 1. The first-order valence-corrected chi connectivity index (χ1v) is 12.2. The normalized spacial score (nSPS) is 11.8. The molecule has 0 aliphatic carbocycles. The molecule has 0 fully saturated rings. The molecule has 5 aromatic heterocycles. The summed E-state index contributed by atoms with van der Waals surface area (Å²) >= 11 is 0. The molecule has 0 spiro atoms. The lowest BCUT2D eigenvalue weighted by molar-refractivity contribution is 1.09. The van der Waals surface area contributed by atoms with E-state index in [2.05, 4.69) is 104 Å². The van der Waals surface area contributed by atoms with Crippen molar-refractivity contribution < 1.29 is 0 Å². The van der Waals surface area contributed by atoms with Gasteiger partial charge < -0.3 is 4.57 Å². The minimum absolute atomic E-state index is 0.890. The minimum atomic E-state index is 0.890. The van der Waals surface area contributed by atoms with E-state index in [0.717, 1.165) is 61.2 Å². The van der Waals surface area contributed by atoms with Crippen LogP contribution >= 0.6 is 0 Å². The fourth-order valence-corrected chi connectivity index (χ4v) is 5.43. The number of nitrogens with zero attached hydrogens (tertiary/aromatic N) is 5. The van der Waals surface area contributed by atoms with Crippen molar-refractivity contribution >= 4 is 44.0 Å². The van der Waals surface area contributed by atoms with Crippen LogP contribution in [0, 0.1) is 0 Å². The number of hydrogen-bond donors (Lipinski definition) is 1. The first-order chi connectivity index (χ1) is 18.4. The molecule has 0 unspecified atom stereocenters. The zero-order valence-corrected chi connectivity index (χ0v) is 19.7. The highest BCUT2D eigenvalue weighted by Gasteiger charge is 2.20. The largest absolute Gasteiger partial charge is 0.306 e. The van der Waals surface area contributed by atoms with Gasteiger partial charge >= 0.3 is 0 Å². The van der Waals surface area contributed by atoms with Crippen LogP contribution in [0.5, 0.6) is 0 Å². The third-order valence-electron chi connectivity index (χ3n) is 7.07. The van der Waals surface area contributed by atoms with E-state index < -0.39 is 0 Å². The van der Waals surface area contributed by atoms with Gasteiger partial charge in [0.1, 0.15) is 16.7 Å². The maximum Gasteiger partial charge on any atom is 0.146 e. The van der Waals surface area contributed by atoms with Crippen LogP contribution in [-0.4, -0.2) is 29.3 Å². The van der Waals surface area contributed by atoms with Crippen molar-refractivity contribution in [3.63, 3.8) is 0 Å². The van der Waals surface area contributed by atoms with Crippen molar-refractivity contribution in [3.05, 3.63) is 116 Å². The fraction of sp³-hybridized carbons (Fsp3) is 0. The number of aromatic nitrogens is 6. The van der Waals surface area contributed by atoms with Gasteiger partial charge in [-0.15, -0.1) is 0 Å². The summed E-state index contributed by atoms with van der Waals surface area (Å²) in [6.45, 7) is 0. The second kappa shape index (κ2) is 7.63. The topological polar surface area (TPSA) is 64.3 Å². The number of nitrogens with one attached hydrogen (secondary N) is 1. The number of hydrogen-bond acceptors (Lipinski definition) is 3. The van der Waals surface area contributed by atoms with Crippen LogP contribution in [-0.2, 0) is 0 Å². The molecule has 0 bridgehead atoms. The van der Waals surface area contributed by atoms with E-state index in [-0.39, 0.29) is 0 Å². The predicted octanol–water partition coefficient (Wildman–Crippen LogP) is 7.06. The lowest BCUT2D eigenvalue weighted by Crippen LogP contribution is -1.96. The van der Waals surface area contributed by atoms with E-state index in [9.17, 15) is 0 Å². The molecule has 3 aromatic carbocycles. The number of pyridine rings is 2. The zero-order valence-electron chi connectivity index (χ0n) is 19.7. The molecule has 37 heavy (non-hydrogen) atoms. The van der Waals surface area contributed by atoms with Crippen molar-refractivity contribution in [1.29, 1.82) is 0 Å². The zero-order chi connectivity index (χ0) is 24.3. The van der Waals surface area contributed by atoms with Crippen molar-refractivity contribution in [2.45, 2.75) is 0 Å². The van der Waals surface area contributed by atoms with Crippen LogP contribution in [0.2, 0.25) is 0 Å². The molecule has 6 heteroatoms. The molecule has 1 N–H and O–H groups in total. The molecule has 8 rings (SSSR count). The van der Waals surface area contributed by atoms with Crippen molar-refractivity contribution in [3.8, 4) is 22.6 Å². The molecule has 5 heterocycles. The maximum absolute atomic E-state index is 5.29. The van der Waals surface area contributed by atoms with Crippen molar-refractivity contribution in [1.82, 2.24) is 29.3 Å². The average molecular weight is 477 g/mol. The standard InChI is InChI=1S/C31H20N6/c1-2-7-21(8-3-1)37-26-10-5-4-9-23(26)24-19-28-30(34-31(24)37)29-27(11-6-17-32-29)36(28)22-14-12-20(13-15-22)25-16-18-33-35-25/h1-19H,(H,33,35). The number of benzene rings is 3. The molecule has 174 valence electrons. The predicted molar refractivity (Wildman–Crippen MR) is 148 cm³/mol. The second-order valence-electron chi connectivity index (χ2n) is 9.14. The summed E-state index contributed by atoms with van der Waals surface area (Å²) in [6.07, 6.45) is 3.61. The van der Waals surface area contributed by atoms with Gasteiger partial charge in [0.05, 0.1) is 22.2 Å². The van der Waals surface area contributed by atoms with Crippen LogP contribution in [0.3, 0.4) is 0 Å². The van der Waals surface area contributed by atoms with Gasteiger partial charge in [0.2, 0.25) is 0 Å². The van der Waals surface area contributed by atoms with Crippen molar-refractivity contribution in [2.75, 3.05) is 0 Å². The highest BCUT2D eigenvalue weighted by atomic mass is 15.1. The Morgan fingerprint density at radius 2 is 1.35 bits per heavy atom. The quantitative estimate of drug-likeness (QED) is 0.297. The van der Waals surface area contributed by atoms with E-state index >= 15 is 0 Å². The van der Waals surface area contributed by atoms with E-state index in [1.165, 1.54) is 5.39 Å². The highest BCUT2D eigenvalue weighted by molar-refractivity contribution is 6.15. The molecular formula is C31H20N6. The van der Waals surface area contributed by atoms with Gasteiger partial charge in [-0.2, -0.15) is 5.10 Å². The Morgan fingerprint density at radius 3 is 2.19 bits per heavy atom. The van der Waals surface area contributed by atoms with E-state index in [1.54, 1.807) is 6.20 Å². The molecule has 0 atom stereocenters. The summed E-state index contributed by atoms with van der Waals surface area (Å²) in [4.78, 5) is 10.1. The molecule has 0 aliphatic heterocycles. The Labute approximate surface area is 211 Å².